The molecule has 0 saturated carbocycles. The number of aromatic amines is 1. The van der Waals surface area contributed by atoms with E-state index in [9.17, 15) is 0 Å². The second kappa shape index (κ2) is 6.60. The summed E-state index contributed by atoms with van der Waals surface area (Å²) in [5, 5.41) is 0. The van der Waals surface area contributed by atoms with Gasteiger partial charge < -0.3 is 19.2 Å². The average molecular weight is 312 g/mol. The summed E-state index contributed by atoms with van der Waals surface area (Å²) in [5.41, 5.74) is 2.77. The van der Waals surface area contributed by atoms with Crippen molar-refractivity contribution in [3.63, 3.8) is 0 Å². The number of hydrogen-bond donors (Lipinski definition) is 1. The molecule has 2 aromatic carbocycles. The molecule has 0 aliphatic heterocycles. The quantitative estimate of drug-likeness (QED) is 0.746. The maximum atomic E-state index is 5.69. The monoisotopic (exact) mass is 312 g/mol. The molecule has 0 fully saturated rings. The molecule has 23 heavy (non-hydrogen) atoms. The summed E-state index contributed by atoms with van der Waals surface area (Å²) in [5.74, 6) is 3.03. The van der Waals surface area contributed by atoms with Crippen molar-refractivity contribution in [1.82, 2.24) is 9.97 Å². The van der Waals surface area contributed by atoms with E-state index in [4.69, 9.17) is 14.2 Å². The number of nitrogens with one attached hydrogen (secondary N) is 1. The van der Waals surface area contributed by atoms with Crippen LogP contribution in [0.4, 0.5) is 0 Å². The molecule has 0 unspecified atom stereocenters. The molecule has 0 atom stereocenters. The Labute approximate surface area is 135 Å². The van der Waals surface area contributed by atoms with Crippen LogP contribution in [0.15, 0.2) is 36.4 Å². The van der Waals surface area contributed by atoms with Gasteiger partial charge in [0.15, 0.2) is 11.5 Å². The zero-order valence-electron chi connectivity index (χ0n) is 13.6. The lowest BCUT2D eigenvalue weighted by Gasteiger charge is -2.10. The third kappa shape index (κ3) is 3.08. The van der Waals surface area contributed by atoms with Crippen LogP contribution in [0.2, 0.25) is 0 Å². The van der Waals surface area contributed by atoms with Crippen molar-refractivity contribution in [2.45, 2.75) is 13.3 Å². The summed E-state index contributed by atoms with van der Waals surface area (Å²) in [6, 6.07) is 11.6. The fraction of sp³-hybridized carbons (Fsp3) is 0.278. The highest BCUT2D eigenvalue weighted by Crippen LogP contribution is 2.32. The van der Waals surface area contributed by atoms with Crippen LogP contribution in [-0.4, -0.2) is 30.8 Å². The Balaban J connectivity index is 1.97. The molecule has 0 bridgehead atoms. The molecule has 0 radical (unpaired) electrons. The first-order chi connectivity index (χ1) is 11.2. The molecule has 120 valence electrons. The number of fused-ring (bicyclic) bond motifs is 1. The molecule has 5 heteroatoms. The smallest absolute Gasteiger partial charge is 0.161 e. The third-order valence-corrected chi connectivity index (χ3v) is 3.59. The van der Waals surface area contributed by atoms with Crippen LogP contribution in [-0.2, 0) is 0 Å². The van der Waals surface area contributed by atoms with Crippen molar-refractivity contribution >= 4 is 11.0 Å². The van der Waals surface area contributed by atoms with Gasteiger partial charge >= 0.3 is 0 Å². The number of H-pyrrole nitrogens is 1. The van der Waals surface area contributed by atoms with Crippen molar-refractivity contribution in [3.8, 4) is 28.6 Å². The van der Waals surface area contributed by atoms with Crippen LogP contribution >= 0.6 is 0 Å². The number of nitrogens with zero attached hydrogens (tertiary/aromatic N) is 1. The van der Waals surface area contributed by atoms with Gasteiger partial charge in [-0.25, -0.2) is 4.98 Å². The molecular weight excluding hydrogens is 292 g/mol. The molecule has 1 aromatic heterocycles. The predicted octanol–water partition coefficient (Wildman–Crippen LogP) is 4.04. The lowest BCUT2D eigenvalue weighted by atomic mass is 10.2. The zero-order valence-corrected chi connectivity index (χ0v) is 13.6. The zero-order chi connectivity index (χ0) is 16.2. The number of rotatable bonds is 6. The third-order valence-electron chi connectivity index (χ3n) is 3.59. The van der Waals surface area contributed by atoms with Gasteiger partial charge in [0.2, 0.25) is 0 Å². The van der Waals surface area contributed by atoms with Gasteiger partial charge in [-0.05, 0) is 36.8 Å². The predicted molar refractivity (Wildman–Crippen MR) is 90.4 cm³/mol. The molecular formula is C18H20N2O3. The number of imidazole rings is 1. The summed E-state index contributed by atoms with van der Waals surface area (Å²) >= 11 is 0. The Bertz CT molecular complexity index is 811. The van der Waals surface area contributed by atoms with Gasteiger partial charge in [0.1, 0.15) is 11.6 Å². The Morgan fingerprint density at radius 2 is 1.87 bits per heavy atom. The topological polar surface area (TPSA) is 56.4 Å². The average Bonchev–Trinajstić information content (AvgIpc) is 3.02. The Morgan fingerprint density at radius 1 is 1.00 bits per heavy atom. The van der Waals surface area contributed by atoms with Crippen LogP contribution in [0, 0.1) is 0 Å². The normalized spacial score (nSPS) is 10.7. The van der Waals surface area contributed by atoms with Crippen LogP contribution in [0.3, 0.4) is 0 Å². The maximum Gasteiger partial charge on any atom is 0.161 e. The van der Waals surface area contributed by atoms with Crippen molar-refractivity contribution in [2.75, 3.05) is 20.8 Å². The molecule has 5 nitrogen and oxygen atoms in total. The minimum atomic E-state index is 0.667. The lowest BCUT2D eigenvalue weighted by Crippen LogP contribution is -1.98. The fourth-order valence-corrected chi connectivity index (χ4v) is 2.40. The summed E-state index contributed by atoms with van der Waals surface area (Å²) in [6.45, 7) is 2.74. The largest absolute Gasteiger partial charge is 0.497 e. The number of methoxy groups -OCH3 is 2. The van der Waals surface area contributed by atoms with E-state index in [-0.39, 0.29) is 0 Å². The molecule has 3 aromatic rings. The number of aromatic nitrogens is 2. The SMILES string of the molecule is CCCOc1ccc(-c2nc3ccc(OC)cc3[nH]2)cc1OC. The molecule has 1 N–H and O–H groups in total. The summed E-state index contributed by atoms with van der Waals surface area (Å²) < 4.78 is 16.4. The van der Waals surface area contributed by atoms with Gasteiger partial charge in [-0.3, -0.25) is 0 Å². The van der Waals surface area contributed by atoms with E-state index < -0.39 is 0 Å². The van der Waals surface area contributed by atoms with E-state index in [1.807, 2.05) is 36.4 Å². The first kappa shape index (κ1) is 15.2. The van der Waals surface area contributed by atoms with Crippen LogP contribution in [0.25, 0.3) is 22.4 Å². The second-order valence-corrected chi connectivity index (χ2v) is 5.18. The van der Waals surface area contributed by atoms with Gasteiger partial charge in [0, 0.05) is 11.6 Å². The molecule has 0 saturated heterocycles. The molecule has 3 rings (SSSR count). The number of benzene rings is 2. The van der Waals surface area contributed by atoms with Gasteiger partial charge in [0.25, 0.3) is 0 Å². The first-order valence-electron chi connectivity index (χ1n) is 7.60. The highest BCUT2D eigenvalue weighted by atomic mass is 16.5. The van der Waals surface area contributed by atoms with Crippen molar-refractivity contribution in [2.24, 2.45) is 0 Å². The van der Waals surface area contributed by atoms with E-state index in [2.05, 4.69) is 16.9 Å². The minimum absolute atomic E-state index is 0.667. The van der Waals surface area contributed by atoms with Crippen molar-refractivity contribution < 1.29 is 14.2 Å². The standard InChI is InChI=1S/C18H20N2O3/c1-4-9-23-16-8-5-12(10-17(16)22-3)18-19-14-7-6-13(21-2)11-15(14)20-18/h5-8,10-11H,4,9H2,1-3H3,(H,19,20). The molecule has 0 aliphatic carbocycles. The van der Waals surface area contributed by atoms with Crippen LogP contribution in [0.1, 0.15) is 13.3 Å². The van der Waals surface area contributed by atoms with Crippen LogP contribution in [0.5, 0.6) is 17.2 Å². The van der Waals surface area contributed by atoms with Gasteiger partial charge in [0.05, 0.1) is 31.9 Å². The lowest BCUT2D eigenvalue weighted by molar-refractivity contribution is 0.294. The van der Waals surface area contributed by atoms with E-state index >= 15 is 0 Å². The Morgan fingerprint density at radius 3 is 2.61 bits per heavy atom. The van der Waals surface area contributed by atoms with Gasteiger partial charge in [-0.1, -0.05) is 6.92 Å². The van der Waals surface area contributed by atoms with E-state index in [1.165, 1.54) is 0 Å². The van der Waals surface area contributed by atoms with E-state index in [0.29, 0.717) is 12.4 Å². The van der Waals surface area contributed by atoms with Crippen molar-refractivity contribution in [1.29, 1.82) is 0 Å². The molecule has 0 amide bonds. The van der Waals surface area contributed by atoms with Crippen molar-refractivity contribution in [3.05, 3.63) is 36.4 Å². The fourth-order valence-electron chi connectivity index (χ4n) is 2.40. The summed E-state index contributed by atoms with van der Waals surface area (Å²) in [7, 11) is 3.29. The summed E-state index contributed by atoms with van der Waals surface area (Å²) in [6.07, 6.45) is 0.955. The summed E-state index contributed by atoms with van der Waals surface area (Å²) in [4.78, 5) is 7.93. The molecule has 0 aliphatic rings. The molecule has 1 heterocycles. The number of ether oxygens (including phenoxy) is 3. The van der Waals surface area contributed by atoms with Gasteiger partial charge in [-0.2, -0.15) is 0 Å². The minimum Gasteiger partial charge on any atom is -0.497 e. The second-order valence-electron chi connectivity index (χ2n) is 5.18. The van der Waals surface area contributed by atoms with E-state index in [1.54, 1.807) is 14.2 Å². The highest BCUT2D eigenvalue weighted by molar-refractivity contribution is 5.81. The Kier molecular flexibility index (Phi) is 4.37. The molecule has 0 spiro atoms. The number of hydrogen-bond acceptors (Lipinski definition) is 4. The Hall–Kier alpha value is -2.69. The van der Waals surface area contributed by atoms with E-state index in [0.717, 1.165) is 40.3 Å². The highest BCUT2D eigenvalue weighted by Gasteiger charge is 2.10. The first-order valence-corrected chi connectivity index (χ1v) is 7.60. The van der Waals surface area contributed by atoms with Gasteiger partial charge in [-0.15, -0.1) is 0 Å². The maximum absolute atomic E-state index is 5.69. The van der Waals surface area contributed by atoms with Crippen LogP contribution < -0.4 is 14.2 Å².